The Bertz CT molecular complexity index is 450. The molecule has 1 aromatic rings. The van der Waals surface area contributed by atoms with Gasteiger partial charge in [-0.05, 0) is 30.2 Å². The van der Waals surface area contributed by atoms with Crippen molar-refractivity contribution in [3.8, 4) is 0 Å². The third kappa shape index (κ3) is 3.94. The van der Waals surface area contributed by atoms with Gasteiger partial charge in [-0.2, -0.15) is 13.2 Å². The highest BCUT2D eigenvalue weighted by molar-refractivity contribution is 5.76. The number of hydrogen-bond acceptors (Lipinski definition) is 1. The van der Waals surface area contributed by atoms with Crippen LogP contribution in [0.15, 0.2) is 24.3 Å². The molecule has 17 heavy (non-hydrogen) atoms. The van der Waals surface area contributed by atoms with Gasteiger partial charge in [-0.1, -0.05) is 18.2 Å². The summed E-state index contributed by atoms with van der Waals surface area (Å²) in [7, 11) is 0. The molecule has 2 nitrogen and oxygen atoms in total. The lowest BCUT2D eigenvalue weighted by atomic mass is 10.0. The number of hydrogen-bond donors (Lipinski definition) is 1. The Hall–Kier alpha value is -1.78. The first kappa shape index (κ1) is 13.3. The van der Waals surface area contributed by atoms with Crippen LogP contribution < -0.4 is 5.73 Å². The minimum atomic E-state index is -4.33. The second-order valence-electron chi connectivity index (χ2n) is 3.64. The molecule has 0 radical (unpaired) electrons. The van der Waals surface area contributed by atoms with Crippen LogP contribution in [0.3, 0.4) is 0 Å². The lowest BCUT2D eigenvalue weighted by molar-refractivity contribution is -0.137. The summed E-state index contributed by atoms with van der Waals surface area (Å²) in [4.78, 5) is 10.5. The topological polar surface area (TPSA) is 43.1 Å². The molecular weight excluding hydrogens is 231 g/mol. The van der Waals surface area contributed by atoms with Crippen molar-refractivity contribution in [3.05, 3.63) is 41.0 Å². The van der Waals surface area contributed by atoms with E-state index >= 15 is 0 Å². The van der Waals surface area contributed by atoms with Crippen molar-refractivity contribution in [2.45, 2.75) is 19.5 Å². The van der Waals surface area contributed by atoms with Crippen molar-refractivity contribution < 1.29 is 18.0 Å². The zero-order chi connectivity index (χ0) is 13.1. The van der Waals surface area contributed by atoms with Crippen LogP contribution in [0.1, 0.15) is 23.1 Å². The molecule has 2 N–H and O–H groups in total. The first-order valence-corrected chi connectivity index (χ1v) is 4.93. The van der Waals surface area contributed by atoms with Gasteiger partial charge in [-0.25, -0.2) is 0 Å². The smallest absolute Gasteiger partial charge is 0.369 e. The maximum absolute atomic E-state index is 12.4. The highest BCUT2D eigenvalue weighted by Crippen LogP contribution is 2.30. The van der Waals surface area contributed by atoms with Gasteiger partial charge in [0.1, 0.15) is 0 Å². The van der Waals surface area contributed by atoms with Crippen LogP contribution in [0.2, 0.25) is 0 Å². The van der Waals surface area contributed by atoms with Crippen molar-refractivity contribution in [2.24, 2.45) is 5.73 Å². The molecule has 0 bridgehead atoms. The third-order valence-corrected chi connectivity index (χ3v) is 2.21. The van der Waals surface area contributed by atoms with E-state index in [1.165, 1.54) is 12.1 Å². The number of nitrogens with two attached hydrogens (primary N) is 1. The number of benzene rings is 1. The molecule has 0 aliphatic heterocycles. The Morgan fingerprint density at radius 2 is 2.06 bits per heavy atom. The lowest BCUT2D eigenvalue weighted by Crippen LogP contribution is -2.08. The highest BCUT2D eigenvalue weighted by Gasteiger charge is 2.30. The Morgan fingerprint density at radius 1 is 1.41 bits per heavy atom. The molecule has 1 aromatic carbocycles. The molecule has 5 heteroatoms. The Balaban J connectivity index is 2.91. The SMILES string of the molecule is Cc1cc(C(F)(F)F)ccc1C=CCC(N)=O. The molecule has 0 heterocycles. The highest BCUT2D eigenvalue weighted by atomic mass is 19.4. The van der Waals surface area contributed by atoms with Crippen LogP contribution in [0, 0.1) is 6.92 Å². The van der Waals surface area contributed by atoms with Crippen molar-refractivity contribution >= 4 is 12.0 Å². The van der Waals surface area contributed by atoms with Crippen LogP contribution in [0.4, 0.5) is 13.2 Å². The second-order valence-corrected chi connectivity index (χ2v) is 3.64. The summed E-state index contributed by atoms with van der Waals surface area (Å²) in [6.07, 6.45) is -1.15. The number of alkyl halides is 3. The van der Waals surface area contributed by atoms with Crippen LogP contribution in [-0.4, -0.2) is 5.91 Å². The van der Waals surface area contributed by atoms with Gasteiger partial charge in [0.25, 0.3) is 0 Å². The summed E-state index contributed by atoms with van der Waals surface area (Å²) in [6, 6.07) is 3.45. The number of carbonyl (C=O) groups is 1. The van der Waals surface area contributed by atoms with Crippen molar-refractivity contribution in [3.63, 3.8) is 0 Å². The monoisotopic (exact) mass is 243 g/mol. The molecule has 0 atom stereocenters. The Morgan fingerprint density at radius 3 is 2.53 bits per heavy atom. The number of primary amides is 1. The quantitative estimate of drug-likeness (QED) is 0.871. The summed E-state index contributed by atoms with van der Waals surface area (Å²) < 4.78 is 37.1. The summed E-state index contributed by atoms with van der Waals surface area (Å²) >= 11 is 0. The number of rotatable bonds is 3. The summed E-state index contributed by atoms with van der Waals surface area (Å²) in [6.45, 7) is 1.58. The molecule has 1 amide bonds. The van der Waals surface area contributed by atoms with Gasteiger partial charge in [-0.3, -0.25) is 4.79 Å². The second kappa shape index (κ2) is 5.03. The van der Waals surface area contributed by atoms with E-state index < -0.39 is 17.6 Å². The van der Waals surface area contributed by atoms with Crippen molar-refractivity contribution in [2.75, 3.05) is 0 Å². The maximum Gasteiger partial charge on any atom is 0.416 e. The predicted molar refractivity (Wildman–Crippen MR) is 59.0 cm³/mol. The van der Waals surface area contributed by atoms with E-state index in [9.17, 15) is 18.0 Å². The molecule has 0 aliphatic rings. The fourth-order valence-corrected chi connectivity index (χ4v) is 1.34. The van der Waals surface area contributed by atoms with E-state index in [4.69, 9.17) is 5.73 Å². The van der Waals surface area contributed by atoms with Gasteiger partial charge in [0.05, 0.1) is 5.56 Å². The average Bonchev–Trinajstić information content (AvgIpc) is 2.18. The first-order chi connectivity index (χ1) is 7.80. The molecule has 0 spiro atoms. The molecule has 92 valence electrons. The summed E-state index contributed by atoms with van der Waals surface area (Å²) in [5.74, 6) is -0.481. The van der Waals surface area contributed by atoms with Gasteiger partial charge in [0.15, 0.2) is 0 Å². The fraction of sp³-hybridized carbons (Fsp3) is 0.250. The third-order valence-electron chi connectivity index (χ3n) is 2.21. The van der Waals surface area contributed by atoms with E-state index in [0.717, 1.165) is 12.1 Å². The maximum atomic E-state index is 12.4. The zero-order valence-electron chi connectivity index (χ0n) is 9.21. The van der Waals surface area contributed by atoms with Gasteiger partial charge in [0, 0.05) is 6.42 Å². The molecular formula is C12H12F3NO. The normalized spacial score (nSPS) is 12.0. The van der Waals surface area contributed by atoms with E-state index in [1.54, 1.807) is 13.0 Å². The van der Waals surface area contributed by atoms with Gasteiger partial charge in [-0.15, -0.1) is 0 Å². The summed E-state index contributed by atoms with van der Waals surface area (Å²) in [5, 5.41) is 0. The zero-order valence-corrected chi connectivity index (χ0v) is 9.21. The minimum Gasteiger partial charge on any atom is -0.369 e. The molecule has 0 unspecified atom stereocenters. The largest absolute Gasteiger partial charge is 0.416 e. The number of carbonyl (C=O) groups excluding carboxylic acids is 1. The molecule has 0 saturated carbocycles. The minimum absolute atomic E-state index is 0.0699. The van der Waals surface area contributed by atoms with Gasteiger partial charge < -0.3 is 5.73 Å². The molecule has 1 rings (SSSR count). The fourth-order valence-electron chi connectivity index (χ4n) is 1.34. The first-order valence-electron chi connectivity index (χ1n) is 4.93. The van der Waals surface area contributed by atoms with Crippen LogP contribution in [0.5, 0.6) is 0 Å². The van der Waals surface area contributed by atoms with E-state index in [0.29, 0.717) is 11.1 Å². The van der Waals surface area contributed by atoms with Crippen LogP contribution >= 0.6 is 0 Å². The Kier molecular flexibility index (Phi) is 3.93. The molecule has 0 aromatic heterocycles. The standard InChI is InChI=1S/C12H12F3NO/c1-8-7-10(12(13,14)15)6-5-9(8)3-2-4-11(16)17/h2-3,5-7H,4H2,1H3,(H2,16,17). The number of aryl methyl sites for hydroxylation is 1. The molecule has 0 fully saturated rings. The number of halogens is 3. The summed E-state index contributed by atoms with van der Waals surface area (Å²) in [5.41, 5.74) is 5.40. The van der Waals surface area contributed by atoms with E-state index in [-0.39, 0.29) is 6.42 Å². The van der Waals surface area contributed by atoms with E-state index in [2.05, 4.69) is 0 Å². The predicted octanol–water partition coefficient (Wildman–Crippen LogP) is 2.90. The average molecular weight is 243 g/mol. The van der Waals surface area contributed by atoms with E-state index in [1.807, 2.05) is 0 Å². The van der Waals surface area contributed by atoms with Crippen molar-refractivity contribution in [1.82, 2.24) is 0 Å². The molecule has 0 aliphatic carbocycles. The van der Waals surface area contributed by atoms with Gasteiger partial charge >= 0.3 is 6.18 Å². The van der Waals surface area contributed by atoms with Gasteiger partial charge in [0.2, 0.25) is 5.91 Å². The van der Waals surface area contributed by atoms with Crippen LogP contribution in [0.25, 0.3) is 6.08 Å². The van der Waals surface area contributed by atoms with Crippen LogP contribution in [-0.2, 0) is 11.0 Å². The lowest BCUT2D eigenvalue weighted by Gasteiger charge is -2.08. The number of amides is 1. The Labute approximate surface area is 96.9 Å². The molecule has 0 saturated heterocycles. The van der Waals surface area contributed by atoms with Crippen molar-refractivity contribution in [1.29, 1.82) is 0 Å².